The van der Waals surface area contributed by atoms with E-state index in [1.54, 1.807) is 35.7 Å². The Morgan fingerprint density at radius 1 is 1.17 bits per heavy atom. The summed E-state index contributed by atoms with van der Waals surface area (Å²) >= 11 is 4.56. The van der Waals surface area contributed by atoms with Gasteiger partial charge in [0.15, 0.2) is 6.61 Å². The van der Waals surface area contributed by atoms with Crippen LogP contribution < -0.4 is 10.6 Å². The van der Waals surface area contributed by atoms with Crippen LogP contribution in [0.4, 0.5) is 5.69 Å². The molecular weight excluding hydrogens is 384 g/mol. The molecule has 0 aliphatic rings. The van der Waals surface area contributed by atoms with Gasteiger partial charge < -0.3 is 15.4 Å². The number of carbonyl (C=O) groups is 3. The molecule has 0 unspecified atom stereocenters. The molecule has 1 aromatic heterocycles. The second-order valence-corrected chi connectivity index (χ2v) is 6.24. The van der Waals surface area contributed by atoms with Gasteiger partial charge in [-0.05, 0) is 29.6 Å². The van der Waals surface area contributed by atoms with Crippen molar-refractivity contribution in [1.82, 2.24) is 5.32 Å². The van der Waals surface area contributed by atoms with Crippen molar-refractivity contribution in [3.05, 3.63) is 51.1 Å². The number of thiophene rings is 1. The van der Waals surface area contributed by atoms with E-state index in [1.807, 2.05) is 6.07 Å². The maximum Gasteiger partial charge on any atom is 0.325 e. The van der Waals surface area contributed by atoms with E-state index < -0.39 is 18.5 Å². The largest absolute Gasteiger partial charge is 0.454 e. The third-order valence-electron chi connectivity index (χ3n) is 2.61. The molecule has 0 bridgehead atoms. The van der Waals surface area contributed by atoms with Crippen LogP contribution >= 0.6 is 27.3 Å². The Hall–Kier alpha value is -2.19. The molecule has 0 radical (unpaired) electrons. The summed E-state index contributed by atoms with van der Waals surface area (Å²) in [6.07, 6.45) is 0. The molecular formula is C15H13BrN2O4S. The molecule has 1 heterocycles. The van der Waals surface area contributed by atoms with Gasteiger partial charge in [-0.1, -0.05) is 28.1 Å². The first-order valence-corrected chi connectivity index (χ1v) is 8.24. The van der Waals surface area contributed by atoms with Gasteiger partial charge in [-0.2, -0.15) is 0 Å². The lowest BCUT2D eigenvalue weighted by Gasteiger charge is -2.07. The monoisotopic (exact) mass is 396 g/mol. The van der Waals surface area contributed by atoms with Crippen LogP contribution in [0.25, 0.3) is 0 Å². The number of nitrogens with one attached hydrogen (secondary N) is 2. The molecule has 2 aromatic rings. The summed E-state index contributed by atoms with van der Waals surface area (Å²) in [6.45, 7) is -0.707. The van der Waals surface area contributed by atoms with E-state index in [0.717, 1.165) is 4.47 Å². The standard InChI is InChI=1S/C15H13BrN2O4S/c16-10-3-1-4-11(7-10)18-13(19)9-22-14(20)8-17-15(21)12-5-2-6-23-12/h1-7H,8-9H2,(H,17,21)(H,18,19). The van der Waals surface area contributed by atoms with Crippen molar-refractivity contribution in [2.45, 2.75) is 0 Å². The van der Waals surface area contributed by atoms with Crippen molar-refractivity contribution in [2.24, 2.45) is 0 Å². The molecule has 6 nitrogen and oxygen atoms in total. The number of anilines is 1. The van der Waals surface area contributed by atoms with Crippen molar-refractivity contribution in [3.63, 3.8) is 0 Å². The number of hydrogen-bond donors (Lipinski definition) is 2. The summed E-state index contributed by atoms with van der Waals surface area (Å²) < 4.78 is 5.62. The van der Waals surface area contributed by atoms with Crippen molar-refractivity contribution in [3.8, 4) is 0 Å². The fraction of sp³-hybridized carbons (Fsp3) is 0.133. The third-order valence-corrected chi connectivity index (χ3v) is 3.97. The highest BCUT2D eigenvalue weighted by molar-refractivity contribution is 9.10. The van der Waals surface area contributed by atoms with Crippen LogP contribution in [-0.4, -0.2) is 30.9 Å². The molecule has 0 aliphatic carbocycles. The van der Waals surface area contributed by atoms with Gasteiger partial charge in [-0.3, -0.25) is 14.4 Å². The number of carbonyl (C=O) groups excluding carboxylic acids is 3. The van der Waals surface area contributed by atoms with Crippen molar-refractivity contribution in [1.29, 1.82) is 0 Å². The molecule has 8 heteroatoms. The molecule has 0 spiro atoms. The van der Waals surface area contributed by atoms with Crippen LogP contribution in [0.2, 0.25) is 0 Å². The lowest BCUT2D eigenvalue weighted by molar-refractivity contribution is -0.146. The SMILES string of the molecule is O=C(COC(=O)CNC(=O)c1cccs1)Nc1cccc(Br)c1. The number of ether oxygens (including phenoxy) is 1. The van der Waals surface area contributed by atoms with Crippen LogP contribution in [0, 0.1) is 0 Å². The van der Waals surface area contributed by atoms with Crippen molar-refractivity contribution in [2.75, 3.05) is 18.5 Å². The number of rotatable bonds is 6. The van der Waals surface area contributed by atoms with Crippen LogP contribution in [0.3, 0.4) is 0 Å². The van der Waals surface area contributed by atoms with Crippen LogP contribution in [0.5, 0.6) is 0 Å². The first-order valence-electron chi connectivity index (χ1n) is 6.57. The Kier molecular flexibility index (Phi) is 6.30. The lowest BCUT2D eigenvalue weighted by Crippen LogP contribution is -2.31. The molecule has 2 amide bonds. The van der Waals surface area contributed by atoms with Crippen molar-refractivity contribution < 1.29 is 19.1 Å². The molecule has 1 aromatic carbocycles. The quantitative estimate of drug-likeness (QED) is 0.734. The number of esters is 1. The molecule has 23 heavy (non-hydrogen) atoms. The maximum absolute atomic E-state index is 11.7. The van der Waals surface area contributed by atoms with Crippen LogP contribution in [-0.2, 0) is 14.3 Å². The molecule has 0 aliphatic heterocycles. The summed E-state index contributed by atoms with van der Waals surface area (Å²) in [5.41, 5.74) is 0.589. The summed E-state index contributed by atoms with van der Waals surface area (Å²) in [5.74, 6) is -1.49. The highest BCUT2D eigenvalue weighted by Gasteiger charge is 2.11. The summed E-state index contributed by atoms with van der Waals surface area (Å²) in [6, 6.07) is 10.4. The first-order chi connectivity index (χ1) is 11.0. The number of benzene rings is 1. The second-order valence-electron chi connectivity index (χ2n) is 4.38. The molecule has 2 N–H and O–H groups in total. The van der Waals surface area contributed by atoms with Gasteiger partial charge >= 0.3 is 5.97 Å². The maximum atomic E-state index is 11.7. The molecule has 120 valence electrons. The normalized spacial score (nSPS) is 9.96. The number of hydrogen-bond acceptors (Lipinski definition) is 5. The van der Waals surface area contributed by atoms with E-state index in [-0.39, 0.29) is 12.5 Å². The zero-order chi connectivity index (χ0) is 16.7. The first kappa shape index (κ1) is 17.2. The third kappa shape index (κ3) is 5.84. The van der Waals surface area contributed by atoms with E-state index in [9.17, 15) is 14.4 Å². The topological polar surface area (TPSA) is 84.5 Å². The molecule has 0 fully saturated rings. The smallest absolute Gasteiger partial charge is 0.325 e. The van der Waals surface area contributed by atoms with Crippen LogP contribution in [0.15, 0.2) is 46.3 Å². The minimum absolute atomic E-state index is 0.291. The fourth-order valence-electron chi connectivity index (χ4n) is 1.61. The predicted octanol–water partition coefficient (Wildman–Crippen LogP) is 2.42. The Morgan fingerprint density at radius 3 is 2.70 bits per heavy atom. The van der Waals surface area contributed by atoms with Gasteiger partial charge in [-0.25, -0.2) is 0 Å². The van der Waals surface area contributed by atoms with Gasteiger partial charge in [-0.15, -0.1) is 11.3 Å². The molecule has 0 saturated heterocycles. The van der Waals surface area contributed by atoms with Gasteiger partial charge in [0.25, 0.3) is 11.8 Å². The summed E-state index contributed by atoms with van der Waals surface area (Å²) in [5, 5.41) is 6.78. The van der Waals surface area contributed by atoms with E-state index in [1.165, 1.54) is 11.3 Å². The summed E-state index contributed by atoms with van der Waals surface area (Å²) in [4.78, 5) is 35.3. The minimum Gasteiger partial charge on any atom is -0.454 e. The Labute approximate surface area is 145 Å². The van der Waals surface area contributed by atoms with Gasteiger partial charge in [0.1, 0.15) is 6.54 Å². The average Bonchev–Trinajstić information content (AvgIpc) is 3.05. The van der Waals surface area contributed by atoms with Gasteiger partial charge in [0.05, 0.1) is 4.88 Å². The van der Waals surface area contributed by atoms with E-state index >= 15 is 0 Å². The summed E-state index contributed by atoms with van der Waals surface area (Å²) in [7, 11) is 0. The fourth-order valence-corrected chi connectivity index (χ4v) is 2.65. The van der Waals surface area contributed by atoms with Gasteiger partial charge in [0, 0.05) is 10.2 Å². The lowest BCUT2D eigenvalue weighted by atomic mass is 10.3. The number of halogens is 1. The predicted molar refractivity (Wildman–Crippen MR) is 90.4 cm³/mol. The highest BCUT2D eigenvalue weighted by Crippen LogP contribution is 2.15. The second kappa shape index (κ2) is 8.44. The molecule has 0 saturated carbocycles. The Morgan fingerprint density at radius 2 is 2.00 bits per heavy atom. The highest BCUT2D eigenvalue weighted by atomic mass is 79.9. The van der Waals surface area contributed by atoms with E-state index in [2.05, 4.69) is 26.6 Å². The Bertz CT molecular complexity index is 703. The molecule has 0 atom stereocenters. The Balaban J connectivity index is 1.69. The van der Waals surface area contributed by atoms with E-state index in [4.69, 9.17) is 4.74 Å². The minimum atomic E-state index is -0.681. The van der Waals surface area contributed by atoms with Crippen molar-refractivity contribution >= 4 is 50.7 Å². The average molecular weight is 397 g/mol. The van der Waals surface area contributed by atoms with E-state index in [0.29, 0.717) is 10.6 Å². The zero-order valence-corrected chi connectivity index (χ0v) is 14.3. The molecule has 2 rings (SSSR count). The number of amides is 2. The zero-order valence-electron chi connectivity index (χ0n) is 11.9. The van der Waals surface area contributed by atoms with Gasteiger partial charge in [0.2, 0.25) is 0 Å². The van der Waals surface area contributed by atoms with Crippen LogP contribution in [0.1, 0.15) is 9.67 Å².